The Balaban J connectivity index is 0.00000420. The monoisotopic (exact) mass is 514 g/mol. The number of aryl methyl sites for hydroxylation is 1. The molecule has 29 heavy (non-hydrogen) atoms. The Bertz CT molecular complexity index is 547. The molecule has 1 aromatic rings. The molecule has 3 heteroatoms. The van der Waals surface area contributed by atoms with Crippen molar-refractivity contribution in [2.24, 2.45) is 5.92 Å². The van der Waals surface area contributed by atoms with E-state index in [1.807, 2.05) is 0 Å². The van der Waals surface area contributed by atoms with Gasteiger partial charge in [0.15, 0.2) is 0 Å². The summed E-state index contributed by atoms with van der Waals surface area (Å²) in [6, 6.07) is 9.65. The van der Waals surface area contributed by atoms with Crippen molar-refractivity contribution in [1.29, 1.82) is 0 Å². The lowest BCUT2D eigenvalue weighted by atomic mass is 9.92. The highest BCUT2D eigenvalue weighted by atomic mass is 127. The number of para-hydroxylation sites is 1. The first-order valence-electron chi connectivity index (χ1n) is 12.1. The Kier molecular flexibility index (Phi) is 12.8. The summed E-state index contributed by atoms with van der Waals surface area (Å²) in [5.74, 6) is 0.916. The Morgan fingerprint density at radius 1 is 1.00 bits per heavy atom. The molecule has 168 valence electrons. The number of halogens is 1. The maximum absolute atomic E-state index is 2.73. The number of hydrogen-bond acceptors (Lipinski definition) is 1. The predicted octanol–water partition coefficient (Wildman–Crippen LogP) is 3.82. The van der Waals surface area contributed by atoms with Gasteiger partial charge in [0.2, 0.25) is 0 Å². The number of hydrogen-bond donors (Lipinski definition) is 0. The number of rotatable bonds is 12. The van der Waals surface area contributed by atoms with E-state index < -0.39 is 0 Å². The number of unbranched alkanes of at least 4 members (excludes halogenated alkanes) is 5. The van der Waals surface area contributed by atoms with E-state index in [1.165, 1.54) is 99.6 Å². The summed E-state index contributed by atoms with van der Waals surface area (Å²) in [5.41, 5.74) is 2.90. The summed E-state index contributed by atoms with van der Waals surface area (Å²) in [6.45, 7) is 11.0. The second kappa shape index (κ2) is 13.9. The molecule has 0 saturated carbocycles. The fraction of sp³-hybridized carbons (Fsp3) is 0.769. The van der Waals surface area contributed by atoms with Gasteiger partial charge in [-0.25, -0.2) is 0 Å². The second-order valence-corrected chi connectivity index (χ2v) is 10.0. The molecule has 0 amide bonds. The number of benzene rings is 1. The molecular weight excluding hydrogens is 467 g/mol. The Morgan fingerprint density at radius 2 is 1.62 bits per heavy atom. The second-order valence-electron chi connectivity index (χ2n) is 10.0. The quantitative estimate of drug-likeness (QED) is 0.233. The molecule has 1 aliphatic heterocycles. The highest BCUT2D eigenvalue weighted by molar-refractivity contribution is 5.53. The van der Waals surface area contributed by atoms with Gasteiger partial charge in [-0.05, 0) is 57.1 Å². The van der Waals surface area contributed by atoms with Crippen LogP contribution in [0.3, 0.4) is 0 Å². The molecule has 2 nitrogen and oxygen atoms in total. The molecule has 0 bridgehead atoms. The summed E-state index contributed by atoms with van der Waals surface area (Å²) in [7, 11) is 4.77. The Morgan fingerprint density at radius 3 is 2.28 bits per heavy atom. The van der Waals surface area contributed by atoms with Crippen LogP contribution in [0.25, 0.3) is 0 Å². The summed E-state index contributed by atoms with van der Waals surface area (Å²) >= 11 is 0. The third-order valence-electron chi connectivity index (χ3n) is 7.00. The van der Waals surface area contributed by atoms with Crippen LogP contribution in [0, 0.1) is 12.8 Å². The number of likely N-dealkylation sites (tertiary alicyclic amines) is 1. The third-order valence-corrected chi connectivity index (χ3v) is 7.00. The number of nitrogens with zero attached hydrogens (tertiary/aromatic N) is 2. The maximum Gasteiger partial charge on any atom is 0.0785 e. The molecule has 0 aliphatic carbocycles. The van der Waals surface area contributed by atoms with Gasteiger partial charge in [0.25, 0.3) is 0 Å². The lowest BCUT2D eigenvalue weighted by Gasteiger charge is -2.39. The van der Waals surface area contributed by atoms with E-state index in [2.05, 4.69) is 64.0 Å². The lowest BCUT2D eigenvalue weighted by molar-refractivity contribution is -0.896. The Labute approximate surface area is 199 Å². The molecule has 0 radical (unpaired) electrons. The van der Waals surface area contributed by atoms with E-state index >= 15 is 0 Å². The van der Waals surface area contributed by atoms with Crippen LogP contribution in [0.15, 0.2) is 24.3 Å². The van der Waals surface area contributed by atoms with Crippen LogP contribution < -0.4 is 28.9 Å². The molecule has 1 heterocycles. The number of quaternary nitrogens is 1. The van der Waals surface area contributed by atoms with Gasteiger partial charge in [0.1, 0.15) is 0 Å². The fourth-order valence-corrected chi connectivity index (χ4v) is 4.77. The zero-order valence-electron chi connectivity index (χ0n) is 19.9. The van der Waals surface area contributed by atoms with Crippen LogP contribution in [0.2, 0.25) is 0 Å². The lowest BCUT2D eigenvalue weighted by Crippen LogP contribution is -3.00. The van der Waals surface area contributed by atoms with E-state index in [0.717, 1.165) is 5.92 Å². The van der Waals surface area contributed by atoms with E-state index in [4.69, 9.17) is 0 Å². The van der Waals surface area contributed by atoms with Gasteiger partial charge in [-0.1, -0.05) is 63.6 Å². The van der Waals surface area contributed by atoms with E-state index in [1.54, 1.807) is 0 Å². The van der Waals surface area contributed by atoms with Gasteiger partial charge in [0, 0.05) is 18.3 Å². The first-order chi connectivity index (χ1) is 13.4. The van der Waals surface area contributed by atoms with E-state index in [0.29, 0.717) is 6.04 Å². The minimum atomic E-state index is 0. The SMILES string of the molecule is CCCCCCCCC(C)N(CCC1CC[N+](C)(C)CC1)c1ccccc1C.[I-]. The average molecular weight is 515 g/mol. The topological polar surface area (TPSA) is 3.24 Å². The van der Waals surface area contributed by atoms with Crippen molar-refractivity contribution in [2.75, 3.05) is 38.6 Å². The normalized spacial score (nSPS) is 17.6. The van der Waals surface area contributed by atoms with Crippen molar-refractivity contribution in [1.82, 2.24) is 0 Å². The van der Waals surface area contributed by atoms with Gasteiger partial charge in [0.05, 0.1) is 27.2 Å². The molecule has 1 fully saturated rings. The minimum absolute atomic E-state index is 0. The molecule has 1 unspecified atom stereocenters. The van der Waals surface area contributed by atoms with Crippen molar-refractivity contribution in [2.45, 2.75) is 91.0 Å². The number of piperidine rings is 1. The van der Waals surface area contributed by atoms with Crippen molar-refractivity contribution >= 4 is 5.69 Å². The van der Waals surface area contributed by atoms with E-state index in [9.17, 15) is 0 Å². The van der Waals surface area contributed by atoms with Gasteiger partial charge < -0.3 is 33.4 Å². The summed E-state index contributed by atoms with van der Waals surface area (Å²) < 4.78 is 1.21. The largest absolute Gasteiger partial charge is 1.00 e. The van der Waals surface area contributed by atoms with Crippen LogP contribution in [0.1, 0.15) is 83.6 Å². The zero-order chi connectivity index (χ0) is 20.4. The Hall–Kier alpha value is -0.290. The van der Waals surface area contributed by atoms with Gasteiger partial charge in [-0.2, -0.15) is 0 Å². The molecule has 0 aromatic heterocycles. The molecule has 1 aromatic carbocycles. The molecule has 0 N–H and O–H groups in total. The fourth-order valence-electron chi connectivity index (χ4n) is 4.77. The first kappa shape index (κ1) is 26.7. The van der Waals surface area contributed by atoms with Crippen LogP contribution in [-0.4, -0.2) is 44.3 Å². The standard InChI is InChI=1S/C26H47N2.HI/c1-6-7-8-9-10-11-15-24(3)27(26-16-13-12-14-23(26)2)20-17-25-18-21-28(4,5)22-19-25;/h12-14,16,24-25H,6-11,15,17-22H2,1-5H3;1H/q+1;/p-1. The van der Waals surface area contributed by atoms with Gasteiger partial charge in [-0.3, -0.25) is 0 Å². The van der Waals surface area contributed by atoms with Crippen LogP contribution >= 0.6 is 0 Å². The average Bonchev–Trinajstić information content (AvgIpc) is 2.67. The van der Waals surface area contributed by atoms with Crippen molar-refractivity contribution < 1.29 is 28.5 Å². The smallest absolute Gasteiger partial charge is 0.0785 e. The third kappa shape index (κ3) is 9.59. The van der Waals surface area contributed by atoms with Gasteiger partial charge in [-0.15, -0.1) is 0 Å². The summed E-state index contributed by atoms with van der Waals surface area (Å²) in [4.78, 5) is 2.73. The molecule has 2 rings (SSSR count). The minimum Gasteiger partial charge on any atom is -1.00 e. The molecule has 0 spiro atoms. The summed E-state index contributed by atoms with van der Waals surface area (Å²) in [5, 5.41) is 0. The molecule has 1 aliphatic rings. The van der Waals surface area contributed by atoms with Crippen LogP contribution in [0.4, 0.5) is 5.69 Å². The van der Waals surface area contributed by atoms with Crippen molar-refractivity contribution in [3.8, 4) is 0 Å². The predicted molar refractivity (Wildman–Crippen MR) is 125 cm³/mol. The van der Waals surface area contributed by atoms with Crippen LogP contribution in [-0.2, 0) is 0 Å². The van der Waals surface area contributed by atoms with Crippen molar-refractivity contribution in [3.63, 3.8) is 0 Å². The molecular formula is C26H47IN2. The summed E-state index contributed by atoms with van der Waals surface area (Å²) in [6.07, 6.45) is 13.9. The number of anilines is 1. The van der Waals surface area contributed by atoms with Crippen LogP contribution in [0.5, 0.6) is 0 Å². The first-order valence-corrected chi connectivity index (χ1v) is 12.1. The van der Waals surface area contributed by atoms with Crippen molar-refractivity contribution in [3.05, 3.63) is 29.8 Å². The van der Waals surface area contributed by atoms with Gasteiger partial charge >= 0.3 is 0 Å². The molecule has 1 atom stereocenters. The highest BCUT2D eigenvalue weighted by Crippen LogP contribution is 2.28. The maximum atomic E-state index is 2.73. The zero-order valence-corrected chi connectivity index (χ0v) is 22.1. The highest BCUT2D eigenvalue weighted by Gasteiger charge is 2.27. The van der Waals surface area contributed by atoms with E-state index in [-0.39, 0.29) is 24.0 Å². The molecule has 1 saturated heterocycles.